The number of hydrogen-bond acceptors (Lipinski definition) is 6. The maximum Gasteiger partial charge on any atom is 0.262 e. The highest BCUT2D eigenvalue weighted by molar-refractivity contribution is 8.93. The van der Waals surface area contributed by atoms with Gasteiger partial charge in [-0.15, -0.1) is 28.7 Å². The van der Waals surface area contributed by atoms with E-state index in [2.05, 4.69) is 30.3 Å². The molecule has 0 atom stereocenters. The maximum absolute atomic E-state index is 12.6. The summed E-state index contributed by atoms with van der Waals surface area (Å²) in [6.07, 6.45) is 17.8. The van der Waals surface area contributed by atoms with Crippen LogP contribution in [0, 0.1) is 0 Å². The maximum atomic E-state index is 12.6. The number of unbranched alkanes of at least 4 members (excludes halogenated alkanes) is 11. The molecule has 8 heteroatoms. The van der Waals surface area contributed by atoms with Crippen LogP contribution in [0.25, 0.3) is 0 Å². The minimum Gasteiger partial charge on any atom is -0.493 e. The van der Waals surface area contributed by atoms with Crippen LogP contribution >= 0.6 is 28.7 Å². The Bertz CT molecular complexity index is 1060. The molecule has 1 N–H and O–H groups in total. The fourth-order valence-corrected chi connectivity index (χ4v) is 5.66. The van der Waals surface area contributed by atoms with Crippen LogP contribution < -0.4 is 19.5 Å². The summed E-state index contributed by atoms with van der Waals surface area (Å²) in [6, 6.07) is 13.5. The molecule has 0 aliphatic carbocycles. The predicted molar refractivity (Wildman–Crippen MR) is 182 cm³/mol. The number of carbonyl (C=O) groups is 1. The van der Waals surface area contributed by atoms with Crippen molar-refractivity contribution < 1.29 is 19.0 Å². The molecule has 1 aliphatic rings. The van der Waals surface area contributed by atoms with Crippen molar-refractivity contribution in [3.05, 3.63) is 59.1 Å². The molecule has 0 spiro atoms. The van der Waals surface area contributed by atoms with Gasteiger partial charge in [0.25, 0.3) is 5.91 Å². The van der Waals surface area contributed by atoms with Crippen LogP contribution in [0.5, 0.6) is 17.2 Å². The highest BCUT2D eigenvalue weighted by Gasteiger charge is 2.14. The number of nitrogens with zero attached hydrogens (tertiary/aromatic N) is 1. The van der Waals surface area contributed by atoms with Gasteiger partial charge in [-0.05, 0) is 48.1 Å². The second kappa shape index (κ2) is 21.4. The van der Waals surface area contributed by atoms with E-state index in [1.54, 1.807) is 7.11 Å². The Hall–Kier alpha value is -2.32. The van der Waals surface area contributed by atoms with Crippen molar-refractivity contribution in [3.63, 3.8) is 0 Å². The molecular weight excluding hydrogens is 612 g/mol. The summed E-state index contributed by atoms with van der Waals surface area (Å²) in [5.74, 6) is 2.44. The van der Waals surface area contributed by atoms with E-state index in [0.29, 0.717) is 23.9 Å². The van der Waals surface area contributed by atoms with E-state index in [4.69, 9.17) is 14.2 Å². The number of halogens is 1. The highest BCUT2D eigenvalue weighted by Crippen LogP contribution is 2.37. The Balaban J connectivity index is 0.00000616. The molecule has 0 saturated heterocycles. The quantitative estimate of drug-likeness (QED) is 0.134. The van der Waals surface area contributed by atoms with Gasteiger partial charge in [-0.1, -0.05) is 95.8 Å². The molecule has 0 aromatic heterocycles. The Morgan fingerprint density at radius 3 is 2.07 bits per heavy atom. The molecule has 1 amide bonds. The summed E-state index contributed by atoms with van der Waals surface area (Å²) in [6.45, 7) is 5.74. The average Bonchev–Trinajstić information content (AvgIpc) is 3.39. The van der Waals surface area contributed by atoms with Gasteiger partial charge in [0.15, 0.2) is 18.1 Å². The second-order valence-corrected chi connectivity index (χ2v) is 12.0. The number of carbonyl (C=O) groups excluding carboxylic acids is 1. The van der Waals surface area contributed by atoms with Crippen LogP contribution in [0.3, 0.4) is 0 Å². The third-order valence-electron chi connectivity index (χ3n) is 7.21. The molecule has 2 aromatic rings. The topological polar surface area (TPSA) is 60.0 Å². The van der Waals surface area contributed by atoms with E-state index in [9.17, 15) is 4.79 Å². The number of amides is 1. The number of para-hydroxylation sites is 1. The van der Waals surface area contributed by atoms with Gasteiger partial charge in [0.1, 0.15) is 0 Å². The van der Waals surface area contributed by atoms with Gasteiger partial charge in [-0.2, -0.15) is 0 Å². The molecule has 1 heterocycles. The van der Waals surface area contributed by atoms with Gasteiger partial charge in [0.05, 0.1) is 19.6 Å². The van der Waals surface area contributed by atoms with E-state index < -0.39 is 0 Å². The normalized spacial score (nSPS) is 12.5. The molecule has 6 nitrogen and oxygen atoms in total. The van der Waals surface area contributed by atoms with Gasteiger partial charge in [0.2, 0.25) is 5.75 Å². The van der Waals surface area contributed by atoms with Gasteiger partial charge in [-0.3, -0.25) is 4.79 Å². The number of allylic oxidation sites excluding steroid dienone is 1. The summed E-state index contributed by atoms with van der Waals surface area (Å²) >= 11 is 1.85. The predicted octanol–water partition coefficient (Wildman–Crippen LogP) is 9.74. The Morgan fingerprint density at radius 1 is 0.857 bits per heavy atom. The summed E-state index contributed by atoms with van der Waals surface area (Å²) in [5, 5.41) is 2.92. The second-order valence-electron chi connectivity index (χ2n) is 10.8. The van der Waals surface area contributed by atoms with Crippen LogP contribution in [0.1, 0.15) is 96.5 Å². The molecular formula is C34H51BrN2O4S. The highest BCUT2D eigenvalue weighted by atomic mass is 79.9. The van der Waals surface area contributed by atoms with Crippen molar-refractivity contribution in [2.24, 2.45) is 0 Å². The first-order valence-corrected chi connectivity index (χ1v) is 16.4. The molecule has 0 bridgehead atoms. The number of benzene rings is 2. The van der Waals surface area contributed by atoms with E-state index in [0.717, 1.165) is 31.0 Å². The zero-order valence-corrected chi connectivity index (χ0v) is 28.4. The van der Waals surface area contributed by atoms with Crippen molar-refractivity contribution >= 4 is 40.3 Å². The van der Waals surface area contributed by atoms with Crippen LogP contribution in [-0.2, 0) is 11.3 Å². The smallest absolute Gasteiger partial charge is 0.262 e. The van der Waals surface area contributed by atoms with E-state index >= 15 is 0 Å². The lowest BCUT2D eigenvalue weighted by molar-refractivity contribution is -0.118. The van der Waals surface area contributed by atoms with Crippen molar-refractivity contribution in [3.8, 4) is 17.2 Å². The number of hydrogen-bond donors (Lipinski definition) is 1. The Kier molecular flexibility index (Phi) is 18.3. The fourth-order valence-electron chi connectivity index (χ4n) is 4.91. The van der Waals surface area contributed by atoms with Crippen LogP contribution in [-0.4, -0.2) is 37.0 Å². The number of nitrogens with one attached hydrogen (secondary N) is 1. The van der Waals surface area contributed by atoms with E-state index in [1.165, 1.54) is 74.7 Å². The van der Waals surface area contributed by atoms with Crippen molar-refractivity contribution in [2.75, 3.05) is 31.5 Å². The lowest BCUT2D eigenvalue weighted by Gasteiger charge is -2.16. The van der Waals surface area contributed by atoms with Crippen molar-refractivity contribution in [1.82, 2.24) is 4.90 Å². The molecule has 0 saturated carbocycles. The van der Waals surface area contributed by atoms with Gasteiger partial charge < -0.3 is 24.4 Å². The first-order valence-electron chi connectivity index (χ1n) is 15.5. The first-order chi connectivity index (χ1) is 20.1. The fraction of sp³-hybridized carbons (Fsp3) is 0.559. The average molecular weight is 664 g/mol. The third kappa shape index (κ3) is 13.8. The summed E-state index contributed by atoms with van der Waals surface area (Å²) in [4.78, 5) is 16.2. The molecule has 1 aliphatic heterocycles. The lowest BCUT2D eigenvalue weighted by Crippen LogP contribution is -2.20. The summed E-state index contributed by atoms with van der Waals surface area (Å²) in [5.41, 5.74) is 1.95. The monoisotopic (exact) mass is 662 g/mol. The van der Waals surface area contributed by atoms with Crippen LogP contribution in [0.15, 0.2) is 53.6 Å². The van der Waals surface area contributed by atoms with Crippen molar-refractivity contribution in [2.45, 2.75) is 97.4 Å². The third-order valence-corrected chi connectivity index (χ3v) is 8.23. The molecule has 0 unspecified atom stereocenters. The number of rotatable bonds is 21. The molecule has 0 fully saturated rings. The van der Waals surface area contributed by atoms with E-state index in [1.807, 2.05) is 54.2 Å². The number of anilines is 1. The molecule has 0 radical (unpaired) electrons. The van der Waals surface area contributed by atoms with Crippen LogP contribution in [0.4, 0.5) is 5.69 Å². The SMILES string of the molecule is Br.CCCCCCCCCCCCCCOc1c(OC)cccc1OCC(=O)Nc1ccc(CN2C=C(C)SC2)cc1. The van der Waals surface area contributed by atoms with Crippen molar-refractivity contribution in [1.29, 1.82) is 0 Å². The zero-order chi connectivity index (χ0) is 29.1. The van der Waals surface area contributed by atoms with Gasteiger partial charge >= 0.3 is 0 Å². The van der Waals surface area contributed by atoms with Gasteiger partial charge in [-0.25, -0.2) is 0 Å². The molecule has 42 heavy (non-hydrogen) atoms. The molecule has 234 valence electrons. The van der Waals surface area contributed by atoms with Crippen LogP contribution in [0.2, 0.25) is 0 Å². The van der Waals surface area contributed by atoms with Gasteiger partial charge in [0, 0.05) is 18.4 Å². The summed E-state index contributed by atoms with van der Waals surface area (Å²) in [7, 11) is 1.62. The summed E-state index contributed by atoms with van der Waals surface area (Å²) < 4.78 is 17.5. The minimum absolute atomic E-state index is 0. The number of ether oxygens (including phenoxy) is 3. The number of thioether (sulfide) groups is 1. The molecule has 2 aromatic carbocycles. The largest absolute Gasteiger partial charge is 0.493 e. The molecule has 3 rings (SSSR count). The number of methoxy groups -OCH3 is 1. The zero-order valence-electron chi connectivity index (χ0n) is 25.8. The lowest BCUT2D eigenvalue weighted by atomic mass is 10.1. The standard InChI is InChI=1S/C34H50N2O4S.BrH/c1-4-5-6-7-8-9-10-11-12-13-14-15-23-39-34-31(38-3)17-16-18-32(34)40-26-33(37)35-30-21-19-29(20-22-30)25-36-24-28(2)41-27-36;/h16-22,24H,4-15,23,25-27H2,1-3H3,(H,35,37);1H. The minimum atomic E-state index is -0.220. The Labute approximate surface area is 268 Å². The Morgan fingerprint density at radius 2 is 1.48 bits per heavy atom. The van der Waals surface area contributed by atoms with E-state index in [-0.39, 0.29) is 29.5 Å². The first kappa shape index (κ1) is 35.9.